The summed E-state index contributed by atoms with van der Waals surface area (Å²) in [5.41, 5.74) is 8.30. The van der Waals surface area contributed by atoms with Crippen molar-refractivity contribution in [2.45, 2.75) is 13.0 Å². The van der Waals surface area contributed by atoms with Crippen LogP contribution in [-0.4, -0.2) is 4.98 Å². The van der Waals surface area contributed by atoms with Crippen molar-refractivity contribution in [2.75, 3.05) is 0 Å². The topological polar surface area (TPSA) is 61.7 Å². The Morgan fingerprint density at radius 3 is 3.00 bits per heavy atom. The molecule has 0 aliphatic rings. The number of rotatable bonds is 2. The van der Waals surface area contributed by atoms with Gasteiger partial charge in [0.2, 0.25) is 0 Å². The van der Waals surface area contributed by atoms with E-state index in [1.165, 1.54) is 12.3 Å². The zero-order chi connectivity index (χ0) is 9.84. The average Bonchev–Trinajstić information content (AvgIpc) is 2.04. The second-order valence-corrected chi connectivity index (χ2v) is 3.32. The van der Waals surface area contributed by atoms with E-state index in [4.69, 9.17) is 5.53 Å². The van der Waals surface area contributed by atoms with Gasteiger partial charge in [0.25, 0.3) is 0 Å². The van der Waals surface area contributed by atoms with Crippen LogP contribution < -0.4 is 0 Å². The van der Waals surface area contributed by atoms with E-state index in [1.54, 1.807) is 6.92 Å². The molecular weight excluding hydrogens is 239 g/mol. The highest BCUT2D eigenvalue weighted by Crippen LogP contribution is 2.20. The molecule has 1 atom stereocenters. The Kier molecular flexibility index (Phi) is 3.22. The highest BCUT2D eigenvalue weighted by atomic mass is 79.9. The molecule has 0 N–H and O–H groups in total. The van der Waals surface area contributed by atoms with E-state index in [2.05, 4.69) is 30.9 Å². The third-order valence-corrected chi connectivity index (χ3v) is 1.89. The summed E-state index contributed by atoms with van der Waals surface area (Å²) in [6, 6.07) is 0.698. The first kappa shape index (κ1) is 9.95. The van der Waals surface area contributed by atoms with E-state index in [0.29, 0.717) is 4.47 Å². The van der Waals surface area contributed by atoms with Crippen LogP contribution in [0.3, 0.4) is 0 Å². The summed E-state index contributed by atoms with van der Waals surface area (Å²) in [5, 5.41) is 3.35. The fourth-order valence-electron chi connectivity index (χ4n) is 0.865. The molecular formula is C7H6BrFN4. The van der Waals surface area contributed by atoms with Crippen LogP contribution in [0.15, 0.2) is 21.9 Å². The molecule has 0 amide bonds. The summed E-state index contributed by atoms with van der Waals surface area (Å²) >= 11 is 3.08. The molecule has 1 aromatic heterocycles. The van der Waals surface area contributed by atoms with Crippen LogP contribution in [0.2, 0.25) is 0 Å². The number of halogens is 2. The van der Waals surface area contributed by atoms with Crippen LogP contribution in [0.25, 0.3) is 10.4 Å². The largest absolute Gasteiger partial charge is 0.257 e. The Hall–Kier alpha value is -1.13. The Labute approximate surface area is 82.5 Å². The highest BCUT2D eigenvalue weighted by molar-refractivity contribution is 9.10. The Balaban J connectivity index is 3.08. The minimum absolute atomic E-state index is 0.154. The number of azide groups is 1. The molecule has 0 aliphatic heterocycles. The molecule has 1 heterocycles. The van der Waals surface area contributed by atoms with Gasteiger partial charge < -0.3 is 0 Å². The van der Waals surface area contributed by atoms with E-state index < -0.39 is 11.9 Å². The first-order chi connectivity index (χ1) is 6.15. The third-order valence-electron chi connectivity index (χ3n) is 1.46. The van der Waals surface area contributed by atoms with Gasteiger partial charge in [-0.3, -0.25) is 4.98 Å². The van der Waals surface area contributed by atoms with Gasteiger partial charge in [-0.15, -0.1) is 0 Å². The summed E-state index contributed by atoms with van der Waals surface area (Å²) in [4.78, 5) is 6.39. The number of aromatic nitrogens is 1. The molecule has 0 aliphatic carbocycles. The summed E-state index contributed by atoms with van der Waals surface area (Å²) in [7, 11) is 0. The quantitative estimate of drug-likeness (QED) is 0.447. The lowest BCUT2D eigenvalue weighted by Crippen LogP contribution is -1.97. The molecule has 68 valence electrons. The van der Waals surface area contributed by atoms with Gasteiger partial charge in [-0.05, 0) is 27.5 Å². The second kappa shape index (κ2) is 4.20. The van der Waals surface area contributed by atoms with Crippen LogP contribution in [0.4, 0.5) is 4.39 Å². The summed E-state index contributed by atoms with van der Waals surface area (Å²) in [5.74, 6) is -0.478. The predicted molar refractivity (Wildman–Crippen MR) is 49.5 cm³/mol. The van der Waals surface area contributed by atoms with E-state index in [9.17, 15) is 4.39 Å². The van der Waals surface area contributed by atoms with Crippen LogP contribution in [0.5, 0.6) is 0 Å². The van der Waals surface area contributed by atoms with Crippen molar-refractivity contribution < 1.29 is 4.39 Å². The maximum Gasteiger partial charge on any atom is 0.146 e. The molecule has 0 saturated heterocycles. The molecule has 1 unspecified atom stereocenters. The smallest absolute Gasteiger partial charge is 0.146 e. The Bertz CT molecular complexity index is 362. The van der Waals surface area contributed by atoms with Gasteiger partial charge in [0.15, 0.2) is 0 Å². The van der Waals surface area contributed by atoms with Gasteiger partial charge in [-0.1, -0.05) is 12.0 Å². The Morgan fingerprint density at radius 2 is 2.46 bits per heavy atom. The fourth-order valence-corrected chi connectivity index (χ4v) is 1.17. The van der Waals surface area contributed by atoms with Crippen LogP contribution in [0, 0.1) is 5.82 Å². The molecule has 0 aromatic carbocycles. The molecule has 1 aromatic rings. The first-order valence-corrected chi connectivity index (χ1v) is 4.29. The van der Waals surface area contributed by atoms with Crippen molar-refractivity contribution >= 4 is 15.9 Å². The number of hydrogen-bond donors (Lipinski definition) is 0. The van der Waals surface area contributed by atoms with E-state index in [0.717, 1.165) is 0 Å². The monoisotopic (exact) mass is 244 g/mol. The summed E-state index contributed by atoms with van der Waals surface area (Å²) in [6.45, 7) is 1.58. The minimum Gasteiger partial charge on any atom is -0.257 e. The SMILES string of the molecule is CC(N=[N+]=[N-])c1ncc(Br)cc1F. The summed E-state index contributed by atoms with van der Waals surface area (Å²) < 4.78 is 13.7. The molecule has 13 heavy (non-hydrogen) atoms. The second-order valence-electron chi connectivity index (χ2n) is 2.40. The Morgan fingerprint density at radius 1 is 1.77 bits per heavy atom. The first-order valence-electron chi connectivity index (χ1n) is 3.50. The standard InChI is InChI=1S/C7H6BrFN4/c1-4(12-13-10)7-6(9)2-5(8)3-11-7/h2-4H,1H3. The van der Waals surface area contributed by atoms with Crippen molar-refractivity contribution in [2.24, 2.45) is 5.11 Å². The zero-order valence-corrected chi connectivity index (χ0v) is 8.36. The van der Waals surface area contributed by atoms with Crippen LogP contribution in [-0.2, 0) is 0 Å². The zero-order valence-electron chi connectivity index (χ0n) is 6.78. The van der Waals surface area contributed by atoms with E-state index >= 15 is 0 Å². The fraction of sp³-hybridized carbons (Fsp3) is 0.286. The lowest BCUT2D eigenvalue weighted by Gasteiger charge is -2.04. The number of hydrogen-bond acceptors (Lipinski definition) is 2. The molecule has 0 spiro atoms. The highest BCUT2D eigenvalue weighted by Gasteiger charge is 2.10. The van der Waals surface area contributed by atoms with Crippen molar-refractivity contribution in [3.63, 3.8) is 0 Å². The lowest BCUT2D eigenvalue weighted by molar-refractivity contribution is 0.577. The van der Waals surface area contributed by atoms with Crippen LogP contribution in [0.1, 0.15) is 18.7 Å². The van der Waals surface area contributed by atoms with Crippen LogP contribution >= 0.6 is 15.9 Å². The number of pyridine rings is 1. The summed E-state index contributed by atoms with van der Waals surface area (Å²) in [6.07, 6.45) is 1.46. The molecule has 0 bridgehead atoms. The number of nitrogens with zero attached hydrogens (tertiary/aromatic N) is 4. The maximum absolute atomic E-state index is 13.1. The molecule has 6 heteroatoms. The maximum atomic E-state index is 13.1. The molecule has 0 radical (unpaired) electrons. The van der Waals surface area contributed by atoms with Crippen molar-refractivity contribution in [1.29, 1.82) is 0 Å². The molecule has 0 saturated carbocycles. The molecule has 1 rings (SSSR count). The van der Waals surface area contributed by atoms with Gasteiger partial charge in [0.05, 0.1) is 11.7 Å². The van der Waals surface area contributed by atoms with Crippen molar-refractivity contribution in [3.05, 3.63) is 38.7 Å². The van der Waals surface area contributed by atoms with Gasteiger partial charge in [-0.25, -0.2) is 4.39 Å². The van der Waals surface area contributed by atoms with Gasteiger partial charge in [-0.2, -0.15) is 0 Å². The van der Waals surface area contributed by atoms with E-state index in [-0.39, 0.29) is 5.69 Å². The van der Waals surface area contributed by atoms with Crippen molar-refractivity contribution in [1.82, 2.24) is 4.98 Å². The van der Waals surface area contributed by atoms with Gasteiger partial charge in [0, 0.05) is 15.6 Å². The molecule has 4 nitrogen and oxygen atoms in total. The normalized spacial score (nSPS) is 11.9. The van der Waals surface area contributed by atoms with Gasteiger partial charge in [0.1, 0.15) is 5.82 Å². The van der Waals surface area contributed by atoms with Gasteiger partial charge >= 0.3 is 0 Å². The average molecular weight is 245 g/mol. The molecule has 0 fully saturated rings. The third kappa shape index (κ3) is 2.40. The van der Waals surface area contributed by atoms with E-state index in [1.807, 2.05) is 0 Å². The lowest BCUT2D eigenvalue weighted by atomic mass is 10.2. The minimum atomic E-state index is -0.585. The predicted octanol–water partition coefficient (Wildman–Crippen LogP) is 3.35. The van der Waals surface area contributed by atoms with Crippen molar-refractivity contribution in [3.8, 4) is 0 Å².